The van der Waals surface area contributed by atoms with Gasteiger partial charge in [-0.15, -0.1) is 0 Å². The molecule has 0 aliphatic carbocycles. The molecule has 0 unspecified atom stereocenters. The SMILES string of the molecule is O=c1ccoc2ccc(Cc3cc([C@@H]4O[C@H](CO)[C@@H](O)[C@H](O)[C@@H]4O)ccc3Cl)cc12. The summed E-state index contributed by atoms with van der Waals surface area (Å²) in [5.41, 5.74) is 2.47. The van der Waals surface area contributed by atoms with Crippen LogP contribution in [0.25, 0.3) is 11.0 Å². The van der Waals surface area contributed by atoms with Gasteiger partial charge in [0.25, 0.3) is 0 Å². The van der Waals surface area contributed by atoms with Crippen molar-refractivity contribution in [3.63, 3.8) is 0 Å². The van der Waals surface area contributed by atoms with Gasteiger partial charge in [0.2, 0.25) is 0 Å². The minimum absolute atomic E-state index is 0.140. The molecule has 3 aromatic rings. The number of hydrogen-bond donors (Lipinski definition) is 4. The second-order valence-corrected chi connectivity index (χ2v) is 7.80. The van der Waals surface area contributed by atoms with E-state index in [1.165, 1.54) is 12.3 Å². The number of fused-ring (bicyclic) bond motifs is 1. The van der Waals surface area contributed by atoms with Gasteiger partial charge in [0.15, 0.2) is 5.43 Å². The molecule has 2 heterocycles. The first-order valence-electron chi connectivity index (χ1n) is 9.48. The number of halogens is 1. The Bertz CT molecular complexity index is 1110. The summed E-state index contributed by atoms with van der Waals surface area (Å²) in [7, 11) is 0. The Morgan fingerprint density at radius 1 is 0.967 bits per heavy atom. The number of aliphatic hydroxyl groups is 4. The Morgan fingerprint density at radius 3 is 2.53 bits per heavy atom. The van der Waals surface area contributed by atoms with Crippen LogP contribution in [0.5, 0.6) is 0 Å². The Hall–Kier alpha value is -2.26. The molecule has 1 aromatic heterocycles. The number of aliphatic hydroxyl groups excluding tert-OH is 4. The van der Waals surface area contributed by atoms with Crippen molar-refractivity contribution in [1.82, 2.24) is 0 Å². The van der Waals surface area contributed by atoms with Crippen LogP contribution in [0.4, 0.5) is 0 Å². The lowest BCUT2D eigenvalue weighted by Crippen LogP contribution is -2.55. The lowest BCUT2D eigenvalue weighted by Gasteiger charge is -2.40. The average Bonchev–Trinajstić information content (AvgIpc) is 2.75. The first-order chi connectivity index (χ1) is 14.4. The predicted octanol–water partition coefficient (Wildman–Crippen LogP) is 1.55. The highest BCUT2D eigenvalue weighted by Crippen LogP contribution is 2.34. The van der Waals surface area contributed by atoms with E-state index in [2.05, 4.69) is 0 Å². The molecule has 7 nitrogen and oxygen atoms in total. The normalized spacial score (nSPS) is 26.8. The molecule has 158 valence electrons. The summed E-state index contributed by atoms with van der Waals surface area (Å²) in [4.78, 5) is 12.1. The summed E-state index contributed by atoms with van der Waals surface area (Å²) in [5, 5.41) is 40.8. The van der Waals surface area contributed by atoms with Crippen molar-refractivity contribution in [2.24, 2.45) is 0 Å². The van der Waals surface area contributed by atoms with E-state index in [1.54, 1.807) is 30.3 Å². The Kier molecular flexibility index (Phi) is 5.92. The maximum atomic E-state index is 12.1. The minimum atomic E-state index is -1.46. The molecule has 0 radical (unpaired) electrons. The van der Waals surface area contributed by atoms with E-state index >= 15 is 0 Å². The van der Waals surface area contributed by atoms with Crippen molar-refractivity contribution in [2.45, 2.75) is 36.9 Å². The summed E-state index contributed by atoms with van der Waals surface area (Å²) in [6.07, 6.45) is -4.42. The van der Waals surface area contributed by atoms with Gasteiger partial charge >= 0.3 is 0 Å². The molecule has 1 fully saturated rings. The number of benzene rings is 2. The van der Waals surface area contributed by atoms with Crippen molar-refractivity contribution >= 4 is 22.6 Å². The van der Waals surface area contributed by atoms with Crippen LogP contribution in [0, 0.1) is 0 Å². The fourth-order valence-corrected chi connectivity index (χ4v) is 3.93. The minimum Gasteiger partial charge on any atom is -0.464 e. The maximum Gasteiger partial charge on any atom is 0.192 e. The first-order valence-corrected chi connectivity index (χ1v) is 9.86. The number of hydrogen-bond acceptors (Lipinski definition) is 7. The van der Waals surface area contributed by atoms with Gasteiger partial charge in [-0.05, 0) is 41.3 Å². The highest BCUT2D eigenvalue weighted by Gasteiger charge is 2.44. The van der Waals surface area contributed by atoms with E-state index in [1.807, 2.05) is 6.07 Å². The topological polar surface area (TPSA) is 120 Å². The van der Waals surface area contributed by atoms with Crippen LogP contribution in [-0.4, -0.2) is 51.4 Å². The summed E-state index contributed by atoms with van der Waals surface area (Å²) < 4.78 is 11.0. The smallest absolute Gasteiger partial charge is 0.192 e. The molecule has 30 heavy (non-hydrogen) atoms. The largest absolute Gasteiger partial charge is 0.464 e. The summed E-state index contributed by atoms with van der Waals surface area (Å²) in [6, 6.07) is 11.7. The van der Waals surface area contributed by atoms with Crippen LogP contribution in [0.15, 0.2) is 57.9 Å². The predicted molar refractivity (Wildman–Crippen MR) is 109 cm³/mol. The maximum absolute atomic E-state index is 12.1. The lowest BCUT2D eigenvalue weighted by atomic mass is 9.90. The second kappa shape index (κ2) is 8.47. The molecular formula is C22H21ClO7. The summed E-state index contributed by atoms with van der Waals surface area (Å²) in [6.45, 7) is -0.498. The zero-order valence-electron chi connectivity index (χ0n) is 15.8. The highest BCUT2D eigenvalue weighted by atomic mass is 35.5. The van der Waals surface area contributed by atoms with E-state index in [4.69, 9.17) is 20.8 Å². The van der Waals surface area contributed by atoms with Gasteiger partial charge in [0, 0.05) is 11.1 Å². The quantitative estimate of drug-likeness (QED) is 0.493. The van der Waals surface area contributed by atoms with E-state index in [0.717, 1.165) is 11.1 Å². The van der Waals surface area contributed by atoms with Crippen molar-refractivity contribution in [3.8, 4) is 0 Å². The van der Waals surface area contributed by atoms with Gasteiger partial charge in [0.1, 0.15) is 36.1 Å². The van der Waals surface area contributed by atoms with Crippen molar-refractivity contribution in [3.05, 3.63) is 80.7 Å². The van der Waals surface area contributed by atoms with Crippen LogP contribution in [0.3, 0.4) is 0 Å². The molecule has 0 saturated carbocycles. The van der Waals surface area contributed by atoms with E-state index in [0.29, 0.717) is 28.0 Å². The van der Waals surface area contributed by atoms with Gasteiger partial charge in [-0.25, -0.2) is 0 Å². The van der Waals surface area contributed by atoms with Crippen LogP contribution < -0.4 is 5.43 Å². The van der Waals surface area contributed by atoms with Gasteiger partial charge in [-0.2, -0.15) is 0 Å². The molecule has 5 atom stereocenters. The van der Waals surface area contributed by atoms with E-state index in [9.17, 15) is 25.2 Å². The lowest BCUT2D eigenvalue weighted by molar-refractivity contribution is -0.231. The standard InChI is InChI=1S/C22H21ClO7/c23-15-3-2-12(22-21(28)20(27)19(26)18(10-24)30-22)9-13(15)7-11-1-4-17-14(8-11)16(25)5-6-29-17/h1-6,8-9,18-22,24,26-28H,7,10H2/t18-,19-,20+,21+,22+/m1/s1. The molecule has 8 heteroatoms. The fraction of sp³-hybridized carbons (Fsp3) is 0.318. The second-order valence-electron chi connectivity index (χ2n) is 7.39. The van der Waals surface area contributed by atoms with Gasteiger partial charge in [0.05, 0.1) is 18.3 Å². The molecule has 4 N–H and O–H groups in total. The van der Waals surface area contributed by atoms with Crippen LogP contribution in [0.1, 0.15) is 22.8 Å². The molecule has 0 spiro atoms. The number of rotatable bonds is 4. The first kappa shape index (κ1) is 21.0. The van der Waals surface area contributed by atoms with E-state index in [-0.39, 0.29) is 5.43 Å². The van der Waals surface area contributed by atoms with Gasteiger partial charge in [-0.3, -0.25) is 4.79 Å². The third-order valence-corrected chi connectivity index (χ3v) is 5.78. The third-order valence-electron chi connectivity index (χ3n) is 5.41. The van der Waals surface area contributed by atoms with E-state index < -0.39 is 37.1 Å². The van der Waals surface area contributed by atoms with Crippen molar-refractivity contribution in [1.29, 1.82) is 0 Å². The van der Waals surface area contributed by atoms with Gasteiger partial charge in [-0.1, -0.05) is 29.8 Å². The molecule has 1 saturated heterocycles. The van der Waals surface area contributed by atoms with Gasteiger partial charge < -0.3 is 29.6 Å². The Balaban J connectivity index is 1.65. The molecule has 0 bridgehead atoms. The monoisotopic (exact) mass is 432 g/mol. The molecule has 1 aliphatic rings. The Morgan fingerprint density at radius 2 is 1.77 bits per heavy atom. The molecule has 4 rings (SSSR count). The van der Waals surface area contributed by atoms with Crippen LogP contribution in [0.2, 0.25) is 5.02 Å². The summed E-state index contributed by atoms with van der Waals surface area (Å²) in [5.74, 6) is 0. The third kappa shape index (κ3) is 3.88. The highest BCUT2D eigenvalue weighted by molar-refractivity contribution is 6.31. The Labute approximate surface area is 176 Å². The zero-order chi connectivity index (χ0) is 21.4. The molecule has 1 aliphatic heterocycles. The molecule has 2 aromatic carbocycles. The summed E-state index contributed by atoms with van der Waals surface area (Å²) >= 11 is 6.37. The van der Waals surface area contributed by atoms with Crippen molar-refractivity contribution < 1.29 is 29.6 Å². The zero-order valence-corrected chi connectivity index (χ0v) is 16.6. The fourth-order valence-electron chi connectivity index (χ4n) is 3.75. The number of ether oxygens (including phenoxy) is 1. The molecular weight excluding hydrogens is 412 g/mol. The van der Waals surface area contributed by atoms with Crippen LogP contribution in [-0.2, 0) is 11.2 Å². The average molecular weight is 433 g/mol. The molecule has 0 amide bonds. The van der Waals surface area contributed by atoms with Crippen molar-refractivity contribution in [2.75, 3.05) is 6.61 Å². The van der Waals surface area contributed by atoms with Crippen LogP contribution >= 0.6 is 11.6 Å².